The Hall–Kier alpha value is -2.57. The monoisotopic (exact) mass is 487 g/mol. The molecule has 3 aromatic carbocycles. The highest BCUT2D eigenvalue weighted by Crippen LogP contribution is 2.32. The number of aromatic nitrogens is 1. The Morgan fingerprint density at radius 3 is 2.55 bits per heavy atom. The summed E-state index contributed by atoms with van der Waals surface area (Å²) >= 11 is 19.8. The van der Waals surface area contributed by atoms with Gasteiger partial charge in [0.2, 0.25) is 5.13 Å². The number of thiazole rings is 1. The number of hydrogen-bond acceptors (Lipinski definition) is 5. The number of hydrogen-bond donors (Lipinski definition) is 1. The zero-order valence-corrected chi connectivity index (χ0v) is 19.1. The second-order valence-electron chi connectivity index (χ2n) is 6.48. The Balaban J connectivity index is 1.33. The van der Waals surface area contributed by atoms with E-state index in [4.69, 9.17) is 39.5 Å². The smallest absolute Gasteiger partial charge is 0.203 e. The SMILES string of the molecule is Clc1ccc(-c2csc(N/N=C\c3ccc(OCc4ccccc4Cl)cc3)n2)c(Cl)c1. The normalized spacial score (nSPS) is 11.1. The zero-order valence-electron chi connectivity index (χ0n) is 16.1. The van der Waals surface area contributed by atoms with E-state index < -0.39 is 0 Å². The van der Waals surface area contributed by atoms with Gasteiger partial charge in [-0.1, -0.05) is 53.0 Å². The Bertz CT molecular complexity index is 1210. The summed E-state index contributed by atoms with van der Waals surface area (Å²) < 4.78 is 5.79. The van der Waals surface area contributed by atoms with Crippen molar-refractivity contribution in [1.82, 2.24) is 4.98 Å². The lowest BCUT2D eigenvalue weighted by Crippen LogP contribution is -1.96. The molecule has 0 atom stereocenters. The number of nitrogens with one attached hydrogen (secondary N) is 1. The van der Waals surface area contributed by atoms with Crippen LogP contribution in [0, 0.1) is 0 Å². The maximum atomic E-state index is 6.25. The van der Waals surface area contributed by atoms with Gasteiger partial charge in [0.25, 0.3) is 0 Å². The van der Waals surface area contributed by atoms with Crippen LogP contribution in [0.1, 0.15) is 11.1 Å². The van der Waals surface area contributed by atoms with Gasteiger partial charge in [-0.2, -0.15) is 5.10 Å². The highest BCUT2D eigenvalue weighted by atomic mass is 35.5. The summed E-state index contributed by atoms with van der Waals surface area (Å²) in [5.74, 6) is 0.759. The van der Waals surface area contributed by atoms with Crippen molar-refractivity contribution in [3.05, 3.63) is 98.3 Å². The Morgan fingerprint density at radius 1 is 0.968 bits per heavy atom. The predicted octanol–water partition coefficient (Wildman–Crippen LogP) is 7.80. The van der Waals surface area contributed by atoms with Gasteiger partial charge in [-0.3, -0.25) is 5.43 Å². The van der Waals surface area contributed by atoms with Crippen molar-refractivity contribution in [2.75, 3.05) is 5.43 Å². The van der Waals surface area contributed by atoms with Crippen LogP contribution in [-0.2, 0) is 6.61 Å². The third kappa shape index (κ3) is 5.77. The number of rotatable bonds is 7. The Morgan fingerprint density at radius 2 is 1.77 bits per heavy atom. The van der Waals surface area contributed by atoms with E-state index in [1.54, 1.807) is 18.3 Å². The van der Waals surface area contributed by atoms with Crippen LogP contribution in [0.3, 0.4) is 0 Å². The van der Waals surface area contributed by atoms with Crippen LogP contribution in [0.4, 0.5) is 5.13 Å². The number of nitrogens with zero attached hydrogens (tertiary/aromatic N) is 2. The molecular formula is C23H16Cl3N3OS. The average molecular weight is 489 g/mol. The molecule has 0 aliphatic heterocycles. The first kappa shape index (κ1) is 21.7. The Kier molecular flexibility index (Phi) is 7.10. The van der Waals surface area contributed by atoms with Crippen LogP contribution in [0.25, 0.3) is 11.3 Å². The third-order valence-corrected chi connectivity index (χ3v) is 5.98. The van der Waals surface area contributed by atoms with Crippen molar-refractivity contribution in [3.63, 3.8) is 0 Å². The highest BCUT2D eigenvalue weighted by Gasteiger charge is 2.08. The highest BCUT2D eigenvalue weighted by molar-refractivity contribution is 7.14. The quantitative estimate of drug-likeness (QED) is 0.213. The first-order valence-electron chi connectivity index (χ1n) is 9.25. The summed E-state index contributed by atoms with van der Waals surface area (Å²) in [5.41, 5.74) is 6.41. The largest absolute Gasteiger partial charge is 0.489 e. The lowest BCUT2D eigenvalue weighted by atomic mass is 10.2. The summed E-state index contributed by atoms with van der Waals surface area (Å²) in [7, 11) is 0. The minimum Gasteiger partial charge on any atom is -0.489 e. The van der Waals surface area contributed by atoms with E-state index in [1.165, 1.54) is 11.3 Å². The summed E-state index contributed by atoms with van der Waals surface area (Å²) in [6, 6.07) is 20.6. The molecule has 31 heavy (non-hydrogen) atoms. The van der Waals surface area contributed by atoms with Gasteiger partial charge in [-0.15, -0.1) is 11.3 Å². The van der Waals surface area contributed by atoms with Gasteiger partial charge in [0.1, 0.15) is 12.4 Å². The average Bonchev–Trinajstić information content (AvgIpc) is 3.23. The molecule has 4 rings (SSSR count). The molecule has 0 spiro atoms. The molecule has 8 heteroatoms. The maximum Gasteiger partial charge on any atom is 0.203 e. The van der Waals surface area contributed by atoms with E-state index in [-0.39, 0.29) is 0 Å². The van der Waals surface area contributed by atoms with E-state index >= 15 is 0 Å². The molecule has 1 aromatic heterocycles. The molecule has 0 aliphatic rings. The Labute approximate surface area is 199 Å². The fraction of sp³-hybridized carbons (Fsp3) is 0.0435. The topological polar surface area (TPSA) is 46.5 Å². The fourth-order valence-corrected chi connectivity index (χ4v) is 4.09. The molecule has 4 aromatic rings. The number of ether oxygens (including phenoxy) is 1. The first-order valence-corrected chi connectivity index (χ1v) is 11.3. The zero-order chi connectivity index (χ0) is 21.6. The second-order valence-corrected chi connectivity index (χ2v) is 8.59. The molecule has 0 bridgehead atoms. The number of benzene rings is 3. The van der Waals surface area contributed by atoms with Gasteiger partial charge < -0.3 is 4.74 Å². The second kappa shape index (κ2) is 10.2. The lowest BCUT2D eigenvalue weighted by Gasteiger charge is -2.07. The van der Waals surface area contributed by atoms with Crippen molar-refractivity contribution in [3.8, 4) is 17.0 Å². The van der Waals surface area contributed by atoms with Crippen LogP contribution in [0.5, 0.6) is 5.75 Å². The van der Waals surface area contributed by atoms with Crippen molar-refractivity contribution < 1.29 is 4.74 Å². The summed E-state index contributed by atoms with van der Waals surface area (Å²) in [5, 5.41) is 8.67. The molecule has 0 amide bonds. The van der Waals surface area contributed by atoms with Gasteiger partial charge in [-0.05, 0) is 54.1 Å². The van der Waals surface area contributed by atoms with E-state index in [9.17, 15) is 0 Å². The van der Waals surface area contributed by atoms with Crippen LogP contribution in [0.15, 0.2) is 77.2 Å². The van der Waals surface area contributed by atoms with Crippen molar-refractivity contribution in [2.45, 2.75) is 6.61 Å². The number of anilines is 1. The van der Waals surface area contributed by atoms with Gasteiger partial charge >= 0.3 is 0 Å². The van der Waals surface area contributed by atoms with Crippen LogP contribution >= 0.6 is 46.1 Å². The molecule has 0 saturated heterocycles. The van der Waals surface area contributed by atoms with Crippen LogP contribution < -0.4 is 10.2 Å². The van der Waals surface area contributed by atoms with Crippen molar-refractivity contribution >= 4 is 57.5 Å². The van der Waals surface area contributed by atoms with Gasteiger partial charge in [0.05, 0.1) is 16.9 Å². The minimum absolute atomic E-state index is 0.415. The first-order chi connectivity index (χ1) is 15.1. The van der Waals surface area contributed by atoms with Crippen molar-refractivity contribution in [2.24, 2.45) is 5.10 Å². The van der Waals surface area contributed by atoms with Gasteiger partial charge in [0.15, 0.2) is 0 Å². The van der Waals surface area contributed by atoms with Gasteiger partial charge in [-0.25, -0.2) is 4.98 Å². The van der Waals surface area contributed by atoms with E-state index in [0.29, 0.717) is 26.8 Å². The summed E-state index contributed by atoms with van der Waals surface area (Å²) in [6.07, 6.45) is 1.72. The van der Waals surface area contributed by atoms with E-state index in [2.05, 4.69) is 15.5 Å². The summed E-state index contributed by atoms with van der Waals surface area (Å²) in [4.78, 5) is 4.51. The van der Waals surface area contributed by atoms with Crippen LogP contribution in [-0.4, -0.2) is 11.2 Å². The lowest BCUT2D eigenvalue weighted by molar-refractivity contribution is 0.306. The maximum absolute atomic E-state index is 6.25. The molecule has 0 aliphatic carbocycles. The molecule has 1 N–H and O–H groups in total. The molecule has 0 unspecified atom stereocenters. The molecule has 1 heterocycles. The molecule has 4 nitrogen and oxygen atoms in total. The molecular weight excluding hydrogens is 473 g/mol. The fourth-order valence-electron chi connectivity index (χ4n) is 2.73. The molecule has 156 valence electrons. The van der Waals surface area contributed by atoms with Crippen molar-refractivity contribution in [1.29, 1.82) is 0 Å². The van der Waals surface area contributed by atoms with Crippen LogP contribution in [0.2, 0.25) is 15.1 Å². The van der Waals surface area contributed by atoms with E-state index in [1.807, 2.05) is 60.0 Å². The number of hydrazone groups is 1. The number of halogens is 3. The van der Waals surface area contributed by atoms with Gasteiger partial charge in [0, 0.05) is 26.6 Å². The third-order valence-electron chi connectivity index (χ3n) is 4.32. The summed E-state index contributed by atoms with van der Waals surface area (Å²) in [6.45, 7) is 0.415. The predicted molar refractivity (Wildman–Crippen MR) is 131 cm³/mol. The standard InChI is InChI=1S/C23H16Cl3N3OS/c24-17-7-10-19(21(26)11-17)22-14-31-23(28-22)29-27-12-15-5-8-18(9-6-15)30-13-16-3-1-2-4-20(16)25/h1-12,14H,13H2,(H,28,29)/b27-12-. The minimum atomic E-state index is 0.415. The molecule has 0 saturated carbocycles. The molecule has 0 fully saturated rings. The van der Waals surface area contributed by atoms with E-state index in [0.717, 1.165) is 28.1 Å². The molecule has 0 radical (unpaired) electrons.